The number of imidazole rings is 1. The third kappa shape index (κ3) is 2.65. The molecule has 1 N–H and O–H groups in total. The quantitative estimate of drug-likeness (QED) is 0.518. The minimum Gasteiger partial charge on any atom is -0.711 e. The zero-order valence-corrected chi connectivity index (χ0v) is 10.7. The van der Waals surface area contributed by atoms with Gasteiger partial charge in [0, 0.05) is 19.9 Å². The Morgan fingerprint density at radius 2 is 1.95 bits per heavy atom. The summed E-state index contributed by atoms with van der Waals surface area (Å²) in [7, 11) is 0. The van der Waals surface area contributed by atoms with E-state index in [4.69, 9.17) is 5.11 Å². The molecular weight excluding hydrogens is 244 g/mol. The molecule has 0 saturated carbocycles. The molecule has 0 fully saturated rings. The lowest BCUT2D eigenvalue weighted by molar-refractivity contribution is -0.611. The number of nitrogens with zero attached hydrogens (tertiary/aromatic N) is 2. The molecule has 5 heteroatoms. The molecule has 1 aromatic heterocycles. The van der Waals surface area contributed by atoms with E-state index in [0.717, 1.165) is 27.8 Å². The Kier molecular flexibility index (Phi) is 3.37. The maximum absolute atomic E-state index is 11.5. The molecule has 5 nitrogen and oxygen atoms in total. The highest BCUT2D eigenvalue weighted by Gasteiger charge is 2.13. The van der Waals surface area contributed by atoms with Crippen molar-refractivity contribution in [3.8, 4) is 5.69 Å². The molecule has 2 rings (SSSR count). The Bertz CT molecular complexity index is 639. The van der Waals surface area contributed by atoms with E-state index in [0.29, 0.717) is 5.69 Å². The highest BCUT2D eigenvalue weighted by atomic mass is 16.5. The smallest absolute Gasteiger partial charge is 0.328 e. The molecule has 0 amide bonds. The number of aromatic nitrogens is 2. The second-order valence-corrected chi connectivity index (χ2v) is 4.25. The van der Waals surface area contributed by atoms with Gasteiger partial charge in [-0.3, -0.25) is 0 Å². The molecule has 0 saturated heterocycles. The topological polar surface area (TPSA) is 69.2 Å². The molecule has 0 unspecified atom stereocenters. The molecule has 0 aliphatic heterocycles. The van der Waals surface area contributed by atoms with E-state index in [-0.39, 0.29) is 0 Å². The lowest BCUT2D eigenvalue weighted by Gasteiger charge is -1.99. The second kappa shape index (κ2) is 4.97. The number of aliphatic carboxylic acids is 1. The van der Waals surface area contributed by atoms with E-state index in [1.54, 1.807) is 23.6 Å². The van der Waals surface area contributed by atoms with Crippen LogP contribution < -0.4 is 4.73 Å². The third-order valence-corrected chi connectivity index (χ3v) is 3.03. The molecular formula is C14H14N2O3. The highest BCUT2D eigenvalue weighted by Crippen LogP contribution is 2.14. The maximum atomic E-state index is 11.5. The van der Waals surface area contributed by atoms with Crippen molar-refractivity contribution in [3.63, 3.8) is 0 Å². The molecule has 0 bridgehead atoms. The van der Waals surface area contributed by atoms with Crippen LogP contribution in [0.25, 0.3) is 11.8 Å². The first-order chi connectivity index (χ1) is 8.99. The zero-order valence-electron chi connectivity index (χ0n) is 10.7. The lowest BCUT2D eigenvalue weighted by atomic mass is 10.2. The average Bonchev–Trinajstić information content (AvgIpc) is 2.65. The molecule has 0 atom stereocenters. The van der Waals surface area contributed by atoms with Crippen molar-refractivity contribution >= 4 is 12.0 Å². The van der Waals surface area contributed by atoms with Gasteiger partial charge in [-0.25, -0.2) is 9.52 Å². The van der Waals surface area contributed by atoms with Gasteiger partial charge in [-0.1, -0.05) is 12.1 Å². The van der Waals surface area contributed by atoms with E-state index in [2.05, 4.69) is 0 Å². The van der Waals surface area contributed by atoms with Gasteiger partial charge in [-0.2, -0.15) is 4.57 Å². The minimum absolute atomic E-state index is 0.662. The fourth-order valence-corrected chi connectivity index (χ4v) is 1.79. The Morgan fingerprint density at radius 1 is 1.32 bits per heavy atom. The summed E-state index contributed by atoms with van der Waals surface area (Å²) in [6.45, 7) is 3.64. The number of carboxylic acid groups (broad SMARTS) is 1. The molecule has 0 aliphatic carbocycles. The summed E-state index contributed by atoms with van der Waals surface area (Å²) in [5, 5.41) is 20.0. The minimum atomic E-state index is -0.978. The van der Waals surface area contributed by atoms with Gasteiger partial charge in [0.15, 0.2) is 0 Å². The van der Waals surface area contributed by atoms with E-state index >= 15 is 0 Å². The number of hydrogen-bond donors (Lipinski definition) is 1. The monoisotopic (exact) mass is 258 g/mol. The molecule has 1 aromatic carbocycles. The van der Waals surface area contributed by atoms with E-state index < -0.39 is 5.97 Å². The van der Waals surface area contributed by atoms with Gasteiger partial charge >= 0.3 is 5.97 Å². The predicted molar refractivity (Wildman–Crippen MR) is 70.9 cm³/mol. The summed E-state index contributed by atoms with van der Waals surface area (Å²) in [6.07, 6.45) is 4.09. The van der Waals surface area contributed by atoms with Gasteiger partial charge in [0.05, 0.1) is 0 Å². The lowest BCUT2D eigenvalue weighted by Crippen LogP contribution is -2.26. The molecule has 0 radical (unpaired) electrons. The van der Waals surface area contributed by atoms with Crippen LogP contribution in [0.2, 0.25) is 0 Å². The van der Waals surface area contributed by atoms with Crippen molar-refractivity contribution in [3.05, 3.63) is 58.8 Å². The molecule has 0 spiro atoms. The van der Waals surface area contributed by atoms with Gasteiger partial charge in [-0.15, -0.1) is 0 Å². The number of carbonyl (C=O) groups is 1. The van der Waals surface area contributed by atoms with Crippen molar-refractivity contribution in [2.24, 2.45) is 0 Å². The van der Waals surface area contributed by atoms with Gasteiger partial charge in [0.2, 0.25) is 0 Å². The van der Waals surface area contributed by atoms with E-state index in [1.165, 1.54) is 12.4 Å². The van der Waals surface area contributed by atoms with Crippen LogP contribution in [0, 0.1) is 19.1 Å². The molecule has 0 aliphatic rings. The predicted octanol–water partition coefficient (Wildman–Crippen LogP) is 1.83. The first kappa shape index (κ1) is 12.9. The van der Waals surface area contributed by atoms with Gasteiger partial charge in [-0.05, 0) is 23.8 Å². The molecule has 1 heterocycles. The molecule has 2 aromatic rings. The number of benzene rings is 1. The number of hydrogen-bond acceptors (Lipinski definition) is 2. The zero-order chi connectivity index (χ0) is 14.0. The average molecular weight is 258 g/mol. The van der Waals surface area contributed by atoms with Gasteiger partial charge in [0.1, 0.15) is 17.1 Å². The Morgan fingerprint density at radius 3 is 2.42 bits per heavy atom. The van der Waals surface area contributed by atoms with Crippen LogP contribution in [-0.4, -0.2) is 15.6 Å². The van der Waals surface area contributed by atoms with Crippen LogP contribution in [0.15, 0.2) is 36.7 Å². The van der Waals surface area contributed by atoms with Crippen LogP contribution in [0.4, 0.5) is 0 Å². The van der Waals surface area contributed by atoms with Crippen molar-refractivity contribution < 1.29 is 14.6 Å². The van der Waals surface area contributed by atoms with Crippen LogP contribution in [-0.2, 0) is 4.79 Å². The van der Waals surface area contributed by atoms with Gasteiger partial charge in [0.25, 0.3) is 6.33 Å². The number of rotatable bonds is 3. The van der Waals surface area contributed by atoms with E-state index in [9.17, 15) is 10.0 Å². The Hall–Kier alpha value is -2.56. The first-order valence-corrected chi connectivity index (χ1v) is 5.78. The fraction of sp³-hybridized carbons (Fsp3) is 0.143. The van der Waals surface area contributed by atoms with Crippen LogP contribution >= 0.6 is 0 Å². The van der Waals surface area contributed by atoms with Crippen molar-refractivity contribution in [2.75, 3.05) is 0 Å². The maximum Gasteiger partial charge on any atom is 0.328 e. The fourth-order valence-electron chi connectivity index (χ4n) is 1.79. The van der Waals surface area contributed by atoms with Crippen LogP contribution in [0.5, 0.6) is 0 Å². The summed E-state index contributed by atoms with van der Waals surface area (Å²) in [5.41, 5.74) is 3.20. The van der Waals surface area contributed by atoms with Crippen molar-refractivity contribution in [1.29, 1.82) is 0 Å². The summed E-state index contributed by atoms with van der Waals surface area (Å²) < 4.78 is 2.63. The first-order valence-electron chi connectivity index (χ1n) is 5.78. The normalized spacial score (nSPS) is 11.1. The highest BCUT2D eigenvalue weighted by molar-refractivity contribution is 5.85. The second-order valence-electron chi connectivity index (χ2n) is 4.25. The third-order valence-electron chi connectivity index (χ3n) is 3.03. The number of carboxylic acids is 1. The standard InChI is InChI=1S/C14H14N2O3/c1-10-11(2)16(19)9-15(10)13-6-3-12(4-7-13)5-8-14(17)18/h3-9H,1-2H3,(H,17,18)/b8-5+. The summed E-state index contributed by atoms with van der Waals surface area (Å²) >= 11 is 0. The van der Waals surface area contributed by atoms with Crippen LogP contribution in [0.3, 0.4) is 0 Å². The van der Waals surface area contributed by atoms with Crippen molar-refractivity contribution in [1.82, 2.24) is 4.57 Å². The molecule has 19 heavy (non-hydrogen) atoms. The molecule has 98 valence electrons. The Balaban J connectivity index is 2.32. The van der Waals surface area contributed by atoms with Crippen molar-refractivity contribution in [2.45, 2.75) is 13.8 Å². The van der Waals surface area contributed by atoms with Crippen LogP contribution in [0.1, 0.15) is 17.0 Å². The van der Waals surface area contributed by atoms with Gasteiger partial charge < -0.3 is 10.3 Å². The largest absolute Gasteiger partial charge is 0.711 e. The summed E-state index contributed by atoms with van der Waals surface area (Å²) in [6, 6.07) is 7.29. The Labute approximate surface area is 110 Å². The SMILES string of the molecule is Cc1c(C)[n+]([O-])cn1-c1ccc(/C=C/C(=O)O)cc1. The summed E-state index contributed by atoms with van der Waals surface area (Å²) in [5.74, 6) is -0.978. The summed E-state index contributed by atoms with van der Waals surface area (Å²) in [4.78, 5) is 10.4. The van der Waals surface area contributed by atoms with E-state index in [1.807, 2.05) is 19.1 Å².